The van der Waals surface area contributed by atoms with Crippen molar-refractivity contribution in [3.8, 4) is 17.6 Å². The summed E-state index contributed by atoms with van der Waals surface area (Å²) in [6.45, 7) is 0.470. The molecule has 2 rings (SSSR count). The molecule has 0 bridgehead atoms. The molecular formula is C20H19NO4. The van der Waals surface area contributed by atoms with Gasteiger partial charge in [0.1, 0.15) is 23.1 Å². The number of carbonyl (C=O) groups is 1. The first kappa shape index (κ1) is 18.1. The SMILES string of the molecule is COc1ccc(C=C(C#N)C(=O)O)c(OCCCc2ccccc2)c1. The van der Waals surface area contributed by atoms with Crippen LogP contribution in [0.4, 0.5) is 0 Å². The van der Waals surface area contributed by atoms with Gasteiger partial charge < -0.3 is 14.6 Å². The van der Waals surface area contributed by atoms with Crippen LogP contribution in [0, 0.1) is 11.3 Å². The molecule has 128 valence electrons. The lowest BCUT2D eigenvalue weighted by Gasteiger charge is -2.11. The molecule has 0 aliphatic carbocycles. The van der Waals surface area contributed by atoms with Gasteiger partial charge in [0, 0.05) is 11.6 Å². The third-order valence-electron chi connectivity index (χ3n) is 3.58. The highest BCUT2D eigenvalue weighted by molar-refractivity contribution is 5.96. The fraction of sp³-hybridized carbons (Fsp3) is 0.200. The number of nitrogens with zero attached hydrogens (tertiary/aromatic N) is 1. The minimum atomic E-state index is -1.27. The third kappa shape index (κ3) is 5.40. The second-order valence-corrected chi connectivity index (χ2v) is 5.32. The van der Waals surface area contributed by atoms with E-state index < -0.39 is 5.97 Å². The first-order valence-corrected chi connectivity index (χ1v) is 7.84. The smallest absolute Gasteiger partial charge is 0.346 e. The van der Waals surface area contributed by atoms with Gasteiger partial charge in [-0.25, -0.2) is 4.79 Å². The summed E-state index contributed by atoms with van der Waals surface area (Å²) in [5.41, 5.74) is 1.41. The molecule has 1 N–H and O–H groups in total. The lowest BCUT2D eigenvalue weighted by Crippen LogP contribution is -2.02. The minimum absolute atomic E-state index is 0.348. The second-order valence-electron chi connectivity index (χ2n) is 5.32. The summed E-state index contributed by atoms with van der Waals surface area (Å²) < 4.78 is 11.0. The van der Waals surface area contributed by atoms with Gasteiger partial charge >= 0.3 is 5.97 Å². The van der Waals surface area contributed by atoms with E-state index in [0.29, 0.717) is 23.7 Å². The molecule has 0 radical (unpaired) electrons. The molecule has 0 heterocycles. The first-order chi connectivity index (χ1) is 12.1. The molecule has 0 aliphatic rings. The number of carboxylic acid groups (broad SMARTS) is 1. The highest BCUT2D eigenvalue weighted by Gasteiger charge is 2.10. The summed E-state index contributed by atoms with van der Waals surface area (Å²) in [7, 11) is 1.54. The van der Waals surface area contributed by atoms with Crippen molar-refractivity contribution in [3.05, 3.63) is 65.2 Å². The number of aryl methyl sites for hydroxylation is 1. The molecule has 5 nitrogen and oxygen atoms in total. The Hall–Kier alpha value is -3.26. The number of hydrogen-bond donors (Lipinski definition) is 1. The zero-order chi connectivity index (χ0) is 18.1. The van der Waals surface area contributed by atoms with Crippen molar-refractivity contribution in [1.29, 1.82) is 5.26 Å². The van der Waals surface area contributed by atoms with Gasteiger partial charge in [0.25, 0.3) is 0 Å². The van der Waals surface area contributed by atoms with Crippen molar-refractivity contribution in [3.63, 3.8) is 0 Å². The summed E-state index contributed by atoms with van der Waals surface area (Å²) in [5.74, 6) is -0.182. The Kier molecular flexibility index (Phi) is 6.61. The van der Waals surface area contributed by atoms with Crippen molar-refractivity contribution in [1.82, 2.24) is 0 Å². The van der Waals surface area contributed by atoms with Crippen molar-refractivity contribution in [2.75, 3.05) is 13.7 Å². The van der Waals surface area contributed by atoms with Crippen LogP contribution in [0.3, 0.4) is 0 Å². The number of ether oxygens (including phenoxy) is 2. The van der Waals surface area contributed by atoms with Crippen molar-refractivity contribution < 1.29 is 19.4 Å². The number of aliphatic carboxylic acids is 1. The van der Waals surface area contributed by atoms with Crippen LogP contribution in [0.5, 0.6) is 11.5 Å². The molecule has 0 fully saturated rings. The maximum Gasteiger partial charge on any atom is 0.346 e. The first-order valence-electron chi connectivity index (χ1n) is 7.84. The Morgan fingerprint density at radius 1 is 1.24 bits per heavy atom. The average Bonchev–Trinajstić information content (AvgIpc) is 2.64. The van der Waals surface area contributed by atoms with E-state index in [-0.39, 0.29) is 5.57 Å². The number of nitriles is 1. The number of methoxy groups -OCH3 is 1. The number of carboxylic acids is 1. The second kappa shape index (κ2) is 9.14. The van der Waals surface area contributed by atoms with Gasteiger partial charge in [-0.2, -0.15) is 5.26 Å². The Labute approximate surface area is 146 Å². The summed E-state index contributed by atoms with van der Waals surface area (Å²) in [6, 6.07) is 16.8. The van der Waals surface area contributed by atoms with E-state index in [4.69, 9.17) is 19.8 Å². The summed E-state index contributed by atoms with van der Waals surface area (Å²) >= 11 is 0. The maximum absolute atomic E-state index is 11.0. The van der Waals surface area contributed by atoms with Crippen LogP contribution in [-0.4, -0.2) is 24.8 Å². The van der Waals surface area contributed by atoms with Crippen molar-refractivity contribution in [2.45, 2.75) is 12.8 Å². The van der Waals surface area contributed by atoms with Crippen LogP contribution < -0.4 is 9.47 Å². The summed E-state index contributed by atoms with van der Waals surface area (Å²) in [6.07, 6.45) is 3.00. The third-order valence-corrected chi connectivity index (χ3v) is 3.58. The standard InChI is InChI=1S/C20H19NO4/c1-24-18-10-9-16(12-17(14-21)20(22)23)19(13-18)25-11-5-8-15-6-3-2-4-7-15/h2-4,6-7,9-10,12-13H,5,8,11H2,1H3,(H,22,23). The normalized spacial score (nSPS) is 10.8. The Bertz CT molecular complexity index is 791. The molecule has 2 aromatic rings. The van der Waals surface area contributed by atoms with Gasteiger partial charge in [-0.05, 0) is 36.6 Å². The van der Waals surface area contributed by atoms with Gasteiger partial charge in [0.05, 0.1) is 13.7 Å². The largest absolute Gasteiger partial charge is 0.497 e. The minimum Gasteiger partial charge on any atom is -0.497 e. The van der Waals surface area contributed by atoms with Crippen LogP contribution >= 0.6 is 0 Å². The Morgan fingerprint density at radius 2 is 2.00 bits per heavy atom. The lowest BCUT2D eigenvalue weighted by molar-refractivity contribution is -0.132. The molecule has 0 amide bonds. The predicted octanol–water partition coefficient (Wildman–Crippen LogP) is 3.70. The molecule has 0 saturated heterocycles. The molecular weight excluding hydrogens is 318 g/mol. The van der Waals surface area contributed by atoms with Crippen LogP contribution in [-0.2, 0) is 11.2 Å². The molecule has 2 aromatic carbocycles. The lowest BCUT2D eigenvalue weighted by atomic mass is 10.1. The van der Waals surface area contributed by atoms with Crippen LogP contribution in [0.2, 0.25) is 0 Å². The fourth-order valence-corrected chi connectivity index (χ4v) is 2.29. The number of rotatable bonds is 8. The van der Waals surface area contributed by atoms with Crippen molar-refractivity contribution in [2.24, 2.45) is 0 Å². The highest BCUT2D eigenvalue weighted by Crippen LogP contribution is 2.27. The molecule has 0 atom stereocenters. The summed E-state index contributed by atoms with van der Waals surface area (Å²) in [5, 5.41) is 17.9. The van der Waals surface area contributed by atoms with Gasteiger partial charge in [-0.3, -0.25) is 0 Å². The average molecular weight is 337 g/mol. The van der Waals surface area contributed by atoms with Gasteiger partial charge in [-0.15, -0.1) is 0 Å². The summed E-state index contributed by atoms with van der Waals surface area (Å²) in [4.78, 5) is 11.0. The molecule has 0 aromatic heterocycles. The topological polar surface area (TPSA) is 79.5 Å². The zero-order valence-electron chi connectivity index (χ0n) is 13.9. The van der Waals surface area contributed by atoms with E-state index in [1.165, 1.54) is 11.6 Å². The van der Waals surface area contributed by atoms with Crippen LogP contribution in [0.25, 0.3) is 6.08 Å². The van der Waals surface area contributed by atoms with E-state index in [9.17, 15) is 4.79 Å². The zero-order valence-corrected chi connectivity index (χ0v) is 13.9. The fourth-order valence-electron chi connectivity index (χ4n) is 2.29. The number of hydrogen-bond acceptors (Lipinski definition) is 4. The van der Waals surface area contributed by atoms with Crippen LogP contribution in [0.1, 0.15) is 17.5 Å². The monoisotopic (exact) mass is 337 g/mol. The van der Waals surface area contributed by atoms with Gasteiger partial charge in [0.15, 0.2) is 0 Å². The molecule has 0 unspecified atom stereocenters. The Morgan fingerprint density at radius 3 is 2.64 bits per heavy atom. The molecule has 0 saturated carbocycles. The molecule has 25 heavy (non-hydrogen) atoms. The molecule has 0 aliphatic heterocycles. The van der Waals surface area contributed by atoms with Crippen molar-refractivity contribution >= 4 is 12.0 Å². The quantitative estimate of drug-likeness (QED) is 0.451. The number of benzene rings is 2. The highest BCUT2D eigenvalue weighted by atomic mass is 16.5. The van der Waals surface area contributed by atoms with E-state index in [1.54, 1.807) is 31.4 Å². The molecule has 0 spiro atoms. The molecule has 5 heteroatoms. The van der Waals surface area contributed by atoms with Crippen LogP contribution in [0.15, 0.2) is 54.1 Å². The van der Waals surface area contributed by atoms with E-state index in [1.807, 2.05) is 18.2 Å². The predicted molar refractivity (Wildman–Crippen MR) is 94.5 cm³/mol. The van der Waals surface area contributed by atoms with E-state index >= 15 is 0 Å². The maximum atomic E-state index is 11.0. The Balaban J connectivity index is 2.09. The van der Waals surface area contributed by atoms with E-state index in [2.05, 4.69) is 12.1 Å². The van der Waals surface area contributed by atoms with Gasteiger partial charge in [-0.1, -0.05) is 30.3 Å². The van der Waals surface area contributed by atoms with Gasteiger partial charge in [0.2, 0.25) is 0 Å². The van der Waals surface area contributed by atoms with E-state index in [0.717, 1.165) is 12.8 Å².